The molecule has 0 unspecified atom stereocenters. The van der Waals surface area contributed by atoms with Crippen molar-refractivity contribution in [3.8, 4) is 22.4 Å². The smallest absolute Gasteiger partial charge is 0.224 e. The molecule has 0 radical (unpaired) electrons. The summed E-state index contributed by atoms with van der Waals surface area (Å²) in [6.07, 6.45) is 2.32. The molecule has 36 heavy (non-hydrogen) atoms. The normalized spacial score (nSPS) is 14.1. The molecule has 3 heterocycles. The van der Waals surface area contributed by atoms with Crippen LogP contribution < -0.4 is 14.9 Å². The molecule has 1 aliphatic rings. The molecule has 1 aliphatic heterocycles. The van der Waals surface area contributed by atoms with E-state index in [1.165, 1.54) is 60.6 Å². The van der Waals surface area contributed by atoms with E-state index in [4.69, 9.17) is 4.42 Å². The molecule has 0 atom stereocenters. The van der Waals surface area contributed by atoms with Crippen LogP contribution in [0.4, 0.5) is 0 Å². The van der Waals surface area contributed by atoms with E-state index in [9.17, 15) is 0 Å². The van der Waals surface area contributed by atoms with Gasteiger partial charge in [-0.05, 0) is 77.0 Å². The second kappa shape index (κ2) is 7.17. The summed E-state index contributed by atoms with van der Waals surface area (Å²) in [5.41, 5.74) is 11.1. The van der Waals surface area contributed by atoms with Crippen molar-refractivity contribution in [2.75, 3.05) is 0 Å². The number of hydrogen-bond donors (Lipinski definition) is 0. The van der Waals surface area contributed by atoms with Crippen LogP contribution in [0, 0.1) is 20.8 Å². The Bertz CT molecular complexity index is 1910. The van der Waals surface area contributed by atoms with Crippen molar-refractivity contribution < 1.29 is 8.98 Å². The third-order valence-electron chi connectivity index (χ3n) is 8.54. The van der Waals surface area contributed by atoms with E-state index in [1.807, 2.05) is 0 Å². The van der Waals surface area contributed by atoms with Crippen LogP contribution in [0.3, 0.4) is 0 Å². The van der Waals surface area contributed by atoms with E-state index >= 15 is 0 Å². The molecule has 3 heteroatoms. The van der Waals surface area contributed by atoms with Gasteiger partial charge in [0.05, 0.1) is 10.9 Å². The molecular weight excluding hydrogens is 454 g/mol. The van der Waals surface area contributed by atoms with Gasteiger partial charge in [-0.2, -0.15) is 0 Å². The van der Waals surface area contributed by atoms with E-state index in [0.29, 0.717) is 0 Å². The van der Waals surface area contributed by atoms with Gasteiger partial charge >= 0.3 is 0 Å². The maximum atomic E-state index is 6.59. The van der Waals surface area contributed by atoms with Gasteiger partial charge in [0.1, 0.15) is 26.3 Å². The Balaban J connectivity index is 1.66. The quantitative estimate of drug-likeness (QED) is 0.182. The molecule has 0 spiro atoms. The molecule has 0 saturated heterocycles. The van der Waals surface area contributed by atoms with Crippen molar-refractivity contribution in [3.05, 3.63) is 89.6 Å². The van der Waals surface area contributed by atoms with E-state index in [-0.39, 0.29) is 0 Å². The molecule has 0 amide bonds. The topological polar surface area (TPSA) is 17.0 Å². The van der Waals surface area contributed by atoms with E-state index in [2.05, 4.69) is 118 Å². The average molecular weight is 485 g/mol. The van der Waals surface area contributed by atoms with Crippen molar-refractivity contribution in [1.29, 1.82) is 0 Å². The third-order valence-corrected chi connectivity index (χ3v) is 12.1. The second-order valence-electron chi connectivity index (χ2n) is 11.0. The van der Waals surface area contributed by atoms with Gasteiger partial charge in [0, 0.05) is 16.3 Å². The van der Waals surface area contributed by atoms with Gasteiger partial charge in [-0.1, -0.05) is 61.6 Å². The van der Waals surface area contributed by atoms with Crippen molar-refractivity contribution in [2.24, 2.45) is 7.05 Å². The highest BCUT2D eigenvalue weighted by atomic mass is 28.3. The fourth-order valence-electron chi connectivity index (χ4n) is 6.77. The number of nitrogens with zero attached hydrogens (tertiary/aromatic N) is 1. The lowest BCUT2D eigenvalue weighted by atomic mass is 9.92. The Morgan fingerprint density at radius 3 is 2.33 bits per heavy atom. The fourth-order valence-corrected chi connectivity index (χ4v) is 10.3. The number of hydrogen-bond acceptors (Lipinski definition) is 1. The van der Waals surface area contributed by atoms with Gasteiger partial charge in [-0.15, -0.1) is 0 Å². The highest BCUT2D eigenvalue weighted by Gasteiger charge is 2.40. The van der Waals surface area contributed by atoms with Crippen LogP contribution in [0.5, 0.6) is 0 Å². The monoisotopic (exact) mass is 484 g/mol. The number of aromatic nitrogens is 1. The van der Waals surface area contributed by atoms with Crippen LogP contribution in [0.15, 0.2) is 77.3 Å². The summed E-state index contributed by atoms with van der Waals surface area (Å²) in [4.78, 5) is 0. The molecule has 176 valence electrons. The summed E-state index contributed by atoms with van der Waals surface area (Å²) in [5, 5.41) is 8.25. The number of rotatable bonds is 1. The first-order chi connectivity index (χ1) is 17.3. The van der Waals surface area contributed by atoms with Crippen LogP contribution in [0.2, 0.25) is 13.1 Å². The maximum Gasteiger partial charge on any atom is 0.224 e. The fraction of sp³-hybridized carbons (Fsp3) is 0.182. The van der Waals surface area contributed by atoms with Crippen LogP contribution in [-0.2, 0) is 7.05 Å². The minimum atomic E-state index is -1.86. The molecule has 0 bridgehead atoms. The zero-order valence-corrected chi connectivity index (χ0v) is 22.8. The van der Waals surface area contributed by atoms with E-state index in [1.54, 1.807) is 10.4 Å². The van der Waals surface area contributed by atoms with Crippen molar-refractivity contribution in [3.63, 3.8) is 0 Å². The summed E-state index contributed by atoms with van der Waals surface area (Å²) in [6.45, 7) is 11.8. The zero-order valence-electron chi connectivity index (χ0n) is 21.8. The molecular formula is C33H30NOSi+. The van der Waals surface area contributed by atoms with Gasteiger partial charge in [-0.25, -0.2) is 4.57 Å². The number of furan rings is 1. The first kappa shape index (κ1) is 21.6. The number of fused-ring (bicyclic) bond motifs is 8. The van der Waals surface area contributed by atoms with Crippen LogP contribution >= 0.6 is 0 Å². The molecule has 7 rings (SSSR count). The standard InChI is InChI=1S/C33H30NOSi/c1-19-17-26-22-11-7-9-13-27(22)35-32(26)30(21(19)3)31-25-16-15-24-23-12-8-10-14-28(23)36(5,6)33(24)29(25)20(2)18-34(31)4/h7-18H,1-6H3/q+1. The summed E-state index contributed by atoms with van der Waals surface area (Å²) in [7, 11) is 0.327. The molecule has 0 fully saturated rings. The largest absolute Gasteiger partial charge is 0.455 e. The minimum Gasteiger partial charge on any atom is -0.455 e. The minimum absolute atomic E-state index is 0.947. The Labute approximate surface area is 212 Å². The number of para-hydroxylation sites is 1. The summed E-state index contributed by atoms with van der Waals surface area (Å²) >= 11 is 0. The Kier molecular flexibility index (Phi) is 4.30. The Morgan fingerprint density at radius 1 is 0.750 bits per heavy atom. The van der Waals surface area contributed by atoms with Gasteiger partial charge in [0.15, 0.2) is 6.20 Å². The van der Waals surface area contributed by atoms with Crippen molar-refractivity contribution >= 4 is 51.2 Å². The lowest BCUT2D eigenvalue weighted by Crippen LogP contribution is -2.50. The van der Waals surface area contributed by atoms with Crippen LogP contribution in [0.1, 0.15) is 16.7 Å². The predicted molar refractivity (Wildman–Crippen MR) is 154 cm³/mol. The summed E-state index contributed by atoms with van der Waals surface area (Å²) in [5.74, 6) is 0. The highest BCUT2D eigenvalue weighted by Crippen LogP contribution is 2.42. The number of pyridine rings is 1. The predicted octanol–water partition coefficient (Wildman–Crippen LogP) is 6.96. The first-order valence-corrected chi connectivity index (χ1v) is 15.8. The SMILES string of the molecule is Cc1cc2c(oc3ccccc32)c(-c2c3ccc4c(c3c(C)c[n+]2C)[Si](C)(C)c2ccccc2-4)c1C. The number of aryl methyl sites for hydroxylation is 3. The maximum absolute atomic E-state index is 6.59. The zero-order chi connectivity index (χ0) is 24.9. The molecule has 2 nitrogen and oxygen atoms in total. The summed E-state index contributed by atoms with van der Waals surface area (Å²) < 4.78 is 8.90. The van der Waals surface area contributed by atoms with Crippen molar-refractivity contribution in [1.82, 2.24) is 0 Å². The van der Waals surface area contributed by atoms with E-state index < -0.39 is 8.07 Å². The molecule has 4 aromatic carbocycles. The van der Waals surface area contributed by atoms with Gasteiger partial charge < -0.3 is 4.42 Å². The lowest BCUT2D eigenvalue weighted by molar-refractivity contribution is -0.659. The Hall–Kier alpha value is -3.69. The third kappa shape index (κ3) is 2.64. The summed E-state index contributed by atoms with van der Waals surface area (Å²) in [6, 6.07) is 24.5. The second-order valence-corrected chi connectivity index (χ2v) is 15.3. The van der Waals surface area contributed by atoms with Crippen molar-refractivity contribution in [2.45, 2.75) is 33.9 Å². The molecule has 0 N–H and O–H groups in total. The molecule has 6 aromatic rings. The van der Waals surface area contributed by atoms with Gasteiger partial charge in [0.25, 0.3) is 0 Å². The Morgan fingerprint density at radius 2 is 1.50 bits per heavy atom. The first-order valence-electron chi connectivity index (χ1n) is 12.8. The average Bonchev–Trinajstić information content (AvgIpc) is 3.34. The van der Waals surface area contributed by atoms with Gasteiger partial charge in [0.2, 0.25) is 5.69 Å². The van der Waals surface area contributed by atoms with Crippen LogP contribution in [0.25, 0.3) is 55.1 Å². The highest BCUT2D eigenvalue weighted by molar-refractivity contribution is 7.05. The molecule has 0 saturated carbocycles. The van der Waals surface area contributed by atoms with Crippen LogP contribution in [-0.4, -0.2) is 8.07 Å². The van der Waals surface area contributed by atoms with E-state index in [0.717, 1.165) is 11.2 Å². The molecule has 2 aromatic heterocycles. The molecule has 0 aliphatic carbocycles. The van der Waals surface area contributed by atoms with Gasteiger partial charge in [-0.3, -0.25) is 0 Å². The lowest BCUT2D eigenvalue weighted by Gasteiger charge is -2.22. The number of benzene rings is 4.